The second kappa shape index (κ2) is 7.00. The summed E-state index contributed by atoms with van der Waals surface area (Å²) in [6.45, 7) is -0.175. The van der Waals surface area contributed by atoms with E-state index >= 15 is 0 Å². The van der Waals surface area contributed by atoms with Gasteiger partial charge >= 0.3 is 0 Å². The lowest BCUT2D eigenvalue weighted by molar-refractivity contribution is -0.385. The van der Waals surface area contributed by atoms with Gasteiger partial charge in [0.05, 0.1) is 18.1 Å². The van der Waals surface area contributed by atoms with Crippen LogP contribution < -0.4 is 10.5 Å². The monoisotopic (exact) mass is 278 g/mol. The molecule has 7 nitrogen and oxygen atoms in total. The summed E-state index contributed by atoms with van der Waals surface area (Å²) in [7, 11) is 1.29. The summed E-state index contributed by atoms with van der Waals surface area (Å²) in [5.74, 6) is -0.248. The maximum absolute atomic E-state index is 10.7. The van der Waals surface area contributed by atoms with Gasteiger partial charge in [-0.15, -0.1) is 12.4 Å². The summed E-state index contributed by atoms with van der Waals surface area (Å²) in [6.07, 6.45) is 0.192. The maximum Gasteiger partial charge on any atom is 0.273 e. The van der Waals surface area contributed by atoms with Crippen molar-refractivity contribution in [1.82, 2.24) is 0 Å². The second-order valence-electron chi connectivity index (χ2n) is 3.46. The third-order valence-corrected chi connectivity index (χ3v) is 2.36. The first-order valence-electron chi connectivity index (χ1n) is 4.93. The number of non-ortho nitro benzene ring substituents is 1. The maximum atomic E-state index is 10.7. The first kappa shape index (κ1) is 16.4. The number of aliphatic hydroxyl groups excluding tert-OH is 1. The Balaban J connectivity index is 0.00000289. The van der Waals surface area contributed by atoms with E-state index in [-0.39, 0.29) is 48.2 Å². The van der Waals surface area contributed by atoms with E-state index in [9.17, 15) is 15.2 Å². The predicted molar refractivity (Wildman–Crippen MR) is 67.2 cm³/mol. The van der Waals surface area contributed by atoms with Gasteiger partial charge in [-0.3, -0.25) is 10.1 Å². The van der Waals surface area contributed by atoms with Crippen LogP contribution in [0.3, 0.4) is 0 Å². The molecule has 18 heavy (non-hydrogen) atoms. The van der Waals surface area contributed by atoms with Crippen LogP contribution in [0.1, 0.15) is 18.0 Å². The molecule has 0 heterocycles. The van der Waals surface area contributed by atoms with Gasteiger partial charge in [0.25, 0.3) is 5.69 Å². The molecule has 1 rings (SSSR count). The van der Waals surface area contributed by atoms with Crippen LogP contribution in [-0.2, 0) is 0 Å². The molecule has 0 aliphatic heterocycles. The fourth-order valence-electron chi connectivity index (χ4n) is 1.45. The first-order chi connectivity index (χ1) is 8.01. The number of hydrogen-bond donors (Lipinski definition) is 3. The predicted octanol–water partition coefficient (Wildman–Crippen LogP) is 1.11. The molecule has 0 radical (unpaired) electrons. The highest BCUT2D eigenvalue weighted by molar-refractivity contribution is 5.85. The standard InChI is InChI=1S/C10H14N2O5.ClH/c1-17-9-5-6(12(15)16)4-7(10(9)14)8(11)2-3-13;/h4-5,8,13-14H,2-3,11H2,1H3;1H/t8-;/m0./s1. The van der Waals surface area contributed by atoms with E-state index in [2.05, 4.69) is 0 Å². The Morgan fingerprint density at radius 1 is 1.56 bits per heavy atom. The summed E-state index contributed by atoms with van der Waals surface area (Å²) in [5, 5.41) is 29.2. The number of aromatic hydroxyl groups is 1. The Morgan fingerprint density at radius 3 is 2.61 bits per heavy atom. The van der Waals surface area contributed by atoms with Crippen molar-refractivity contribution in [3.05, 3.63) is 27.8 Å². The molecule has 102 valence electrons. The minimum atomic E-state index is -0.686. The number of nitrogens with two attached hydrogens (primary N) is 1. The molecule has 0 spiro atoms. The molecular formula is C10H15ClN2O5. The number of nitro groups is 1. The number of hydrogen-bond acceptors (Lipinski definition) is 6. The number of nitro benzene ring substituents is 1. The SMILES string of the molecule is COc1cc([N+](=O)[O-])cc([C@@H](N)CCO)c1O.Cl. The Hall–Kier alpha value is -1.57. The minimum absolute atomic E-state index is 0. The molecule has 0 amide bonds. The molecule has 1 aromatic rings. The van der Waals surface area contributed by atoms with Gasteiger partial charge in [-0.2, -0.15) is 0 Å². The van der Waals surface area contributed by atoms with Gasteiger partial charge in [0.1, 0.15) is 0 Å². The molecule has 0 saturated heterocycles. The molecule has 0 unspecified atom stereocenters. The van der Waals surface area contributed by atoms with E-state index in [0.29, 0.717) is 0 Å². The minimum Gasteiger partial charge on any atom is -0.504 e. The van der Waals surface area contributed by atoms with Gasteiger partial charge in [0.2, 0.25) is 0 Å². The zero-order chi connectivity index (χ0) is 13.0. The Bertz CT molecular complexity index is 427. The highest BCUT2D eigenvalue weighted by Gasteiger charge is 2.20. The summed E-state index contributed by atoms with van der Waals surface area (Å²) in [5.41, 5.74) is 5.67. The van der Waals surface area contributed by atoms with Crippen LogP contribution in [0.4, 0.5) is 5.69 Å². The number of phenolic OH excluding ortho intramolecular Hbond substituents is 1. The van der Waals surface area contributed by atoms with Crippen LogP contribution >= 0.6 is 12.4 Å². The molecule has 0 aliphatic carbocycles. The Morgan fingerprint density at radius 2 is 2.17 bits per heavy atom. The van der Waals surface area contributed by atoms with Crippen LogP contribution in [0.15, 0.2) is 12.1 Å². The number of methoxy groups -OCH3 is 1. The van der Waals surface area contributed by atoms with Gasteiger partial charge in [-0.05, 0) is 6.42 Å². The molecule has 0 saturated carbocycles. The van der Waals surface area contributed by atoms with Crippen molar-refractivity contribution in [3.8, 4) is 11.5 Å². The van der Waals surface area contributed by atoms with E-state index in [1.165, 1.54) is 13.2 Å². The van der Waals surface area contributed by atoms with Crippen LogP contribution in [0, 0.1) is 10.1 Å². The highest BCUT2D eigenvalue weighted by Crippen LogP contribution is 2.37. The quantitative estimate of drug-likeness (QED) is 0.548. The molecular weight excluding hydrogens is 264 g/mol. The summed E-state index contributed by atoms with van der Waals surface area (Å²) < 4.78 is 4.83. The van der Waals surface area contributed by atoms with Crippen LogP contribution in [0.2, 0.25) is 0 Å². The highest BCUT2D eigenvalue weighted by atomic mass is 35.5. The van der Waals surface area contributed by atoms with Crippen molar-refractivity contribution >= 4 is 18.1 Å². The molecule has 0 bridgehead atoms. The topological polar surface area (TPSA) is 119 Å². The van der Waals surface area contributed by atoms with Gasteiger partial charge in [0, 0.05) is 24.3 Å². The molecule has 4 N–H and O–H groups in total. The number of halogens is 1. The lowest BCUT2D eigenvalue weighted by atomic mass is 10.0. The number of phenols is 1. The van der Waals surface area contributed by atoms with Crippen molar-refractivity contribution < 1.29 is 19.9 Å². The molecule has 1 aromatic carbocycles. The van der Waals surface area contributed by atoms with Crippen molar-refractivity contribution in [2.24, 2.45) is 5.73 Å². The number of aliphatic hydroxyl groups is 1. The molecule has 0 aromatic heterocycles. The molecule has 8 heteroatoms. The normalized spacial score (nSPS) is 11.5. The van der Waals surface area contributed by atoms with Crippen molar-refractivity contribution in [3.63, 3.8) is 0 Å². The van der Waals surface area contributed by atoms with Gasteiger partial charge in [0.15, 0.2) is 11.5 Å². The number of benzene rings is 1. The summed E-state index contributed by atoms with van der Waals surface area (Å²) >= 11 is 0. The third-order valence-electron chi connectivity index (χ3n) is 2.36. The van der Waals surface area contributed by atoms with Crippen molar-refractivity contribution in [2.45, 2.75) is 12.5 Å². The van der Waals surface area contributed by atoms with Crippen molar-refractivity contribution in [2.75, 3.05) is 13.7 Å². The third kappa shape index (κ3) is 3.46. The summed E-state index contributed by atoms with van der Waals surface area (Å²) in [6, 6.07) is 1.61. The lowest BCUT2D eigenvalue weighted by Crippen LogP contribution is -2.12. The smallest absolute Gasteiger partial charge is 0.273 e. The number of ether oxygens (including phenoxy) is 1. The first-order valence-corrected chi connectivity index (χ1v) is 4.93. The largest absolute Gasteiger partial charge is 0.504 e. The molecule has 0 aliphatic rings. The van der Waals surface area contributed by atoms with E-state index in [1.54, 1.807) is 0 Å². The van der Waals surface area contributed by atoms with Gasteiger partial charge in [-0.1, -0.05) is 0 Å². The number of rotatable bonds is 5. The second-order valence-corrected chi connectivity index (χ2v) is 3.46. The Kier molecular flexibility index (Phi) is 6.39. The van der Waals surface area contributed by atoms with Gasteiger partial charge < -0.3 is 20.7 Å². The average Bonchev–Trinajstić information content (AvgIpc) is 2.29. The number of nitrogens with zero attached hydrogens (tertiary/aromatic N) is 1. The zero-order valence-corrected chi connectivity index (χ0v) is 10.5. The van der Waals surface area contributed by atoms with Crippen molar-refractivity contribution in [1.29, 1.82) is 0 Å². The van der Waals surface area contributed by atoms with E-state index in [0.717, 1.165) is 6.07 Å². The lowest BCUT2D eigenvalue weighted by Gasteiger charge is -2.14. The average molecular weight is 279 g/mol. The zero-order valence-electron chi connectivity index (χ0n) is 9.70. The van der Waals surface area contributed by atoms with Crippen LogP contribution in [0.5, 0.6) is 11.5 Å². The van der Waals surface area contributed by atoms with Gasteiger partial charge in [-0.25, -0.2) is 0 Å². The Labute approximate surface area is 110 Å². The fraction of sp³-hybridized carbons (Fsp3) is 0.400. The van der Waals surface area contributed by atoms with E-state index < -0.39 is 11.0 Å². The molecule has 0 fully saturated rings. The van der Waals surface area contributed by atoms with E-state index in [4.69, 9.17) is 15.6 Å². The van der Waals surface area contributed by atoms with Crippen LogP contribution in [0.25, 0.3) is 0 Å². The van der Waals surface area contributed by atoms with Crippen LogP contribution in [-0.4, -0.2) is 28.9 Å². The fourth-order valence-corrected chi connectivity index (χ4v) is 1.45. The molecule has 1 atom stereocenters. The van der Waals surface area contributed by atoms with E-state index in [1.807, 2.05) is 0 Å². The summed E-state index contributed by atoms with van der Waals surface area (Å²) in [4.78, 5) is 10.1.